The Morgan fingerprint density at radius 3 is 1.92 bits per heavy atom. The molecular weight excluding hydrogens is 144 g/mol. The van der Waals surface area contributed by atoms with Crippen LogP contribution in [-0.2, 0) is 0 Å². The SMILES string of the molecule is CCCC[C@H](C)CCCC(C)C. The third-order valence-electron chi connectivity index (χ3n) is 2.53. The molecule has 12 heavy (non-hydrogen) atoms. The Kier molecular flexibility index (Phi) is 7.64. The Hall–Kier alpha value is 0. The second-order valence-corrected chi connectivity index (χ2v) is 4.57. The minimum atomic E-state index is 0.892. The van der Waals surface area contributed by atoms with E-state index in [2.05, 4.69) is 27.7 Å². The van der Waals surface area contributed by atoms with Crippen LogP contribution in [0.15, 0.2) is 0 Å². The highest BCUT2D eigenvalue weighted by Crippen LogP contribution is 2.16. The summed E-state index contributed by atoms with van der Waals surface area (Å²) < 4.78 is 0. The molecule has 0 heteroatoms. The van der Waals surface area contributed by atoms with Crippen molar-refractivity contribution in [2.24, 2.45) is 11.8 Å². The minimum Gasteiger partial charge on any atom is -0.0654 e. The summed E-state index contributed by atoms with van der Waals surface area (Å²) in [5, 5.41) is 0. The highest BCUT2D eigenvalue weighted by molar-refractivity contribution is 4.54. The van der Waals surface area contributed by atoms with Crippen molar-refractivity contribution in [1.82, 2.24) is 0 Å². The Morgan fingerprint density at radius 1 is 0.833 bits per heavy atom. The Morgan fingerprint density at radius 2 is 1.42 bits per heavy atom. The maximum absolute atomic E-state index is 2.40. The van der Waals surface area contributed by atoms with Gasteiger partial charge in [0.2, 0.25) is 0 Å². The summed E-state index contributed by atoms with van der Waals surface area (Å²) in [7, 11) is 0. The molecule has 0 nitrogen and oxygen atoms in total. The number of hydrogen-bond donors (Lipinski definition) is 0. The van der Waals surface area contributed by atoms with Crippen molar-refractivity contribution >= 4 is 0 Å². The van der Waals surface area contributed by atoms with Gasteiger partial charge in [0.05, 0.1) is 0 Å². The molecule has 1 atom stereocenters. The first-order valence-electron chi connectivity index (χ1n) is 5.66. The van der Waals surface area contributed by atoms with Gasteiger partial charge < -0.3 is 0 Å². The third kappa shape index (κ3) is 8.10. The lowest BCUT2D eigenvalue weighted by Gasteiger charge is -2.11. The van der Waals surface area contributed by atoms with Crippen LogP contribution >= 0.6 is 0 Å². The molecule has 0 bridgehead atoms. The van der Waals surface area contributed by atoms with Gasteiger partial charge in [-0.15, -0.1) is 0 Å². The van der Waals surface area contributed by atoms with E-state index < -0.39 is 0 Å². The van der Waals surface area contributed by atoms with Gasteiger partial charge in [0.15, 0.2) is 0 Å². The molecule has 74 valence electrons. The second-order valence-electron chi connectivity index (χ2n) is 4.57. The van der Waals surface area contributed by atoms with Gasteiger partial charge in [-0.3, -0.25) is 0 Å². The fraction of sp³-hybridized carbons (Fsp3) is 1.00. The van der Waals surface area contributed by atoms with Gasteiger partial charge in [0.1, 0.15) is 0 Å². The molecule has 0 aromatic rings. The zero-order chi connectivity index (χ0) is 9.40. The average molecular weight is 170 g/mol. The van der Waals surface area contributed by atoms with Gasteiger partial charge in [0.25, 0.3) is 0 Å². The van der Waals surface area contributed by atoms with Gasteiger partial charge in [0, 0.05) is 0 Å². The molecule has 0 amide bonds. The summed E-state index contributed by atoms with van der Waals surface area (Å²) >= 11 is 0. The first-order valence-corrected chi connectivity index (χ1v) is 5.66. The van der Waals surface area contributed by atoms with E-state index in [-0.39, 0.29) is 0 Å². The monoisotopic (exact) mass is 170 g/mol. The van der Waals surface area contributed by atoms with Crippen molar-refractivity contribution in [3.05, 3.63) is 0 Å². The molecule has 0 saturated carbocycles. The summed E-state index contributed by atoms with van der Waals surface area (Å²) in [5.74, 6) is 1.85. The molecule has 0 heterocycles. The van der Waals surface area contributed by atoms with E-state index in [4.69, 9.17) is 0 Å². The standard InChI is InChI=1S/C12H26/c1-5-6-9-12(4)10-7-8-11(2)3/h11-12H,5-10H2,1-4H3/t12-/m0/s1. The van der Waals surface area contributed by atoms with Crippen molar-refractivity contribution in [3.8, 4) is 0 Å². The maximum atomic E-state index is 2.40. The van der Waals surface area contributed by atoms with Gasteiger partial charge in [-0.05, 0) is 11.8 Å². The van der Waals surface area contributed by atoms with Crippen molar-refractivity contribution in [3.63, 3.8) is 0 Å². The minimum absolute atomic E-state index is 0.892. The van der Waals surface area contributed by atoms with E-state index in [0.29, 0.717) is 0 Å². The molecular formula is C12H26. The zero-order valence-corrected chi connectivity index (χ0v) is 9.40. The van der Waals surface area contributed by atoms with Gasteiger partial charge in [-0.2, -0.15) is 0 Å². The summed E-state index contributed by atoms with van der Waals surface area (Å²) in [6, 6.07) is 0. The van der Waals surface area contributed by atoms with Crippen LogP contribution in [0, 0.1) is 11.8 Å². The lowest BCUT2D eigenvalue weighted by Crippen LogP contribution is -1.96. The lowest BCUT2D eigenvalue weighted by atomic mass is 9.96. The molecule has 0 aliphatic rings. The van der Waals surface area contributed by atoms with Crippen molar-refractivity contribution in [2.75, 3.05) is 0 Å². The highest BCUT2D eigenvalue weighted by Gasteiger charge is 2.01. The van der Waals surface area contributed by atoms with Crippen LogP contribution in [-0.4, -0.2) is 0 Å². The molecule has 0 fully saturated rings. The number of unbranched alkanes of at least 4 members (excludes halogenated alkanes) is 1. The Bertz CT molecular complexity index is 84.0. The summed E-state index contributed by atoms with van der Waals surface area (Å²) in [6.07, 6.45) is 8.50. The number of rotatable bonds is 7. The third-order valence-corrected chi connectivity index (χ3v) is 2.53. The van der Waals surface area contributed by atoms with Gasteiger partial charge in [-0.1, -0.05) is 66.2 Å². The number of hydrogen-bond acceptors (Lipinski definition) is 0. The quantitative estimate of drug-likeness (QED) is 0.522. The smallest absolute Gasteiger partial charge is 0.0443 e. The van der Waals surface area contributed by atoms with Crippen molar-refractivity contribution in [2.45, 2.75) is 66.2 Å². The molecule has 0 aliphatic heterocycles. The van der Waals surface area contributed by atoms with E-state index in [9.17, 15) is 0 Å². The average Bonchev–Trinajstić information content (AvgIpc) is 2.00. The highest BCUT2D eigenvalue weighted by atomic mass is 14.1. The van der Waals surface area contributed by atoms with E-state index >= 15 is 0 Å². The Labute approximate surface area is 78.8 Å². The predicted molar refractivity (Wildman–Crippen MR) is 57.4 cm³/mol. The largest absolute Gasteiger partial charge is 0.0654 e. The summed E-state index contributed by atoms with van der Waals surface area (Å²) in [5.41, 5.74) is 0. The zero-order valence-electron chi connectivity index (χ0n) is 9.40. The van der Waals surface area contributed by atoms with E-state index in [1.807, 2.05) is 0 Å². The van der Waals surface area contributed by atoms with Gasteiger partial charge in [-0.25, -0.2) is 0 Å². The van der Waals surface area contributed by atoms with Crippen molar-refractivity contribution < 1.29 is 0 Å². The first-order chi connectivity index (χ1) is 5.66. The van der Waals surface area contributed by atoms with Crippen LogP contribution in [0.3, 0.4) is 0 Å². The molecule has 0 N–H and O–H groups in total. The molecule has 0 radical (unpaired) electrons. The van der Waals surface area contributed by atoms with Crippen LogP contribution in [0.2, 0.25) is 0 Å². The molecule has 0 spiro atoms. The predicted octanol–water partition coefficient (Wildman–Crippen LogP) is 4.64. The van der Waals surface area contributed by atoms with Crippen LogP contribution < -0.4 is 0 Å². The van der Waals surface area contributed by atoms with Crippen LogP contribution in [0.25, 0.3) is 0 Å². The first kappa shape index (κ1) is 12.0. The van der Waals surface area contributed by atoms with E-state index in [1.54, 1.807) is 0 Å². The topological polar surface area (TPSA) is 0 Å². The summed E-state index contributed by atoms with van der Waals surface area (Å²) in [4.78, 5) is 0. The van der Waals surface area contributed by atoms with Crippen molar-refractivity contribution in [1.29, 1.82) is 0 Å². The van der Waals surface area contributed by atoms with Crippen LogP contribution in [0.4, 0.5) is 0 Å². The molecule has 0 aliphatic carbocycles. The second kappa shape index (κ2) is 7.64. The van der Waals surface area contributed by atoms with E-state index in [1.165, 1.54) is 38.5 Å². The fourth-order valence-electron chi connectivity index (χ4n) is 1.57. The molecule has 0 aromatic heterocycles. The van der Waals surface area contributed by atoms with Crippen LogP contribution in [0.1, 0.15) is 66.2 Å². The molecule has 0 unspecified atom stereocenters. The molecule has 0 saturated heterocycles. The molecule has 0 rings (SSSR count). The summed E-state index contributed by atoms with van der Waals surface area (Å²) in [6.45, 7) is 9.31. The Balaban J connectivity index is 3.13. The lowest BCUT2D eigenvalue weighted by molar-refractivity contribution is 0.425. The normalized spacial score (nSPS) is 13.8. The maximum Gasteiger partial charge on any atom is -0.0443 e. The van der Waals surface area contributed by atoms with E-state index in [0.717, 1.165) is 11.8 Å². The van der Waals surface area contributed by atoms with Crippen LogP contribution in [0.5, 0.6) is 0 Å². The van der Waals surface area contributed by atoms with Gasteiger partial charge >= 0.3 is 0 Å². The fourth-order valence-corrected chi connectivity index (χ4v) is 1.57. The molecule has 0 aromatic carbocycles.